The molecule has 2 aromatic rings. The zero-order chi connectivity index (χ0) is 27.7. The fraction of sp³-hybridized carbons (Fsp3) is 0.444. The van der Waals surface area contributed by atoms with Gasteiger partial charge in [-0.05, 0) is 56.2 Å². The Morgan fingerprint density at radius 3 is 2.34 bits per heavy atom. The van der Waals surface area contributed by atoms with E-state index in [0.717, 1.165) is 32.0 Å². The summed E-state index contributed by atoms with van der Waals surface area (Å²) >= 11 is 0. The molecular formula is C27H38N6O4S. The maximum absolute atomic E-state index is 13.1. The van der Waals surface area contributed by atoms with Crippen molar-refractivity contribution in [2.75, 3.05) is 62.0 Å². The second kappa shape index (κ2) is 13.4. The monoisotopic (exact) mass is 542 g/mol. The Bertz CT molecular complexity index is 1240. The zero-order valence-corrected chi connectivity index (χ0v) is 23.7. The van der Waals surface area contributed by atoms with Crippen LogP contribution in [0.4, 0.5) is 17.2 Å². The Labute approximate surface area is 226 Å². The molecular weight excluding hydrogens is 504 g/mol. The topological polar surface area (TPSA) is 108 Å². The van der Waals surface area contributed by atoms with Crippen LogP contribution >= 0.6 is 0 Å². The Morgan fingerprint density at radius 2 is 1.76 bits per heavy atom. The van der Waals surface area contributed by atoms with Gasteiger partial charge in [0.15, 0.2) is 0 Å². The molecule has 1 aliphatic heterocycles. The second-order valence-electron chi connectivity index (χ2n) is 9.13. The Balaban J connectivity index is 1.52. The molecule has 1 saturated heterocycles. The van der Waals surface area contributed by atoms with Crippen LogP contribution in [0.25, 0.3) is 0 Å². The number of hydrogen-bond donors (Lipinski definition) is 1. The highest BCUT2D eigenvalue weighted by molar-refractivity contribution is 7.93. The number of anilines is 3. The number of aromatic nitrogens is 2. The molecule has 1 aliphatic rings. The SMILES string of the molecule is CC/C(=C(C)\C=C(/C)OC)S(=O)(=O)N(C)CCC(=O)Nc1ccc(N2CCN(c3ccncc3)CC2)nc1. The third-order valence-electron chi connectivity index (χ3n) is 6.54. The Hall–Kier alpha value is -3.44. The number of nitrogens with zero attached hydrogens (tertiary/aromatic N) is 5. The van der Waals surface area contributed by atoms with Gasteiger partial charge in [0.25, 0.3) is 0 Å². The molecule has 0 saturated carbocycles. The van der Waals surface area contributed by atoms with Gasteiger partial charge in [-0.25, -0.2) is 17.7 Å². The van der Waals surface area contributed by atoms with E-state index in [2.05, 4.69) is 25.1 Å². The third kappa shape index (κ3) is 7.55. The van der Waals surface area contributed by atoms with Gasteiger partial charge in [0.05, 0.1) is 29.7 Å². The molecule has 3 rings (SSSR count). The number of pyridine rings is 2. The number of carbonyl (C=O) groups is 1. The summed E-state index contributed by atoms with van der Waals surface area (Å²) in [6, 6.07) is 7.74. The van der Waals surface area contributed by atoms with Gasteiger partial charge in [-0.15, -0.1) is 0 Å². The van der Waals surface area contributed by atoms with Gasteiger partial charge in [0.1, 0.15) is 5.82 Å². The molecule has 206 valence electrons. The van der Waals surface area contributed by atoms with E-state index in [0.29, 0.717) is 28.3 Å². The van der Waals surface area contributed by atoms with Crippen molar-refractivity contribution in [2.45, 2.75) is 33.6 Å². The average Bonchev–Trinajstić information content (AvgIpc) is 2.92. The smallest absolute Gasteiger partial charge is 0.239 e. The summed E-state index contributed by atoms with van der Waals surface area (Å²) in [6.07, 6.45) is 7.31. The van der Waals surface area contributed by atoms with Gasteiger partial charge >= 0.3 is 0 Å². The molecule has 0 aliphatic carbocycles. The molecule has 1 N–H and O–H groups in total. The van der Waals surface area contributed by atoms with Crippen LogP contribution < -0.4 is 15.1 Å². The predicted octanol–water partition coefficient (Wildman–Crippen LogP) is 3.63. The van der Waals surface area contributed by atoms with E-state index in [4.69, 9.17) is 4.74 Å². The van der Waals surface area contributed by atoms with E-state index in [1.807, 2.05) is 24.3 Å². The first kappa shape index (κ1) is 29.1. The number of nitrogens with one attached hydrogen (secondary N) is 1. The van der Waals surface area contributed by atoms with Gasteiger partial charge in [0.2, 0.25) is 15.9 Å². The van der Waals surface area contributed by atoms with E-state index in [9.17, 15) is 13.2 Å². The highest BCUT2D eigenvalue weighted by atomic mass is 32.2. The molecule has 1 fully saturated rings. The largest absolute Gasteiger partial charge is 0.501 e. The van der Waals surface area contributed by atoms with Crippen molar-refractivity contribution in [2.24, 2.45) is 0 Å². The molecule has 38 heavy (non-hydrogen) atoms. The van der Waals surface area contributed by atoms with Crippen molar-refractivity contribution in [1.82, 2.24) is 14.3 Å². The van der Waals surface area contributed by atoms with E-state index in [1.165, 1.54) is 17.0 Å². The summed E-state index contributed by atoms with van der Waals surface area (Å²) in [4.78, 5) is 26.0. The zero-order valence-electron chi connectivity index (χ0n) is 22.8. The van der Waals surface area contributed by atoms with Gasteiger partial charge in [-0.1, -0.05) is 6.92 Å². The van der Waals surface area contributed by atoms with Crippen LogP contribution in [0.1, 0.15) is 33.6 Å². The van der Waals surface area contributed by atoms with E-state index in [-0.39, 0.29) is 18.9 Å². The fourth-order valence-corrected chi connectivity index (χ4v) is 5.83. The van der Waals surface area contributed by atoms with E-state index in [1.54, 1.807) is 52.5 Å². The van der Waals surface area contributed by atoms with Crippen molar-refractivity contribution >= 4 is 33.1 Å². The molecule has 2 aromatic heterocycles. The van der Waals surface area contributed by atoms with Crippen molar-refractivity contribution in [3.05, 3.63) is 65.2 Å². The van der Waals surface area contributed by atoms with Crippen LogP contribution in [0.15, 0.2) is 65.2 Å². The Kier molecular flexibility index (Phi) is 10.3. The minimum absolute atomic E-state index is 0.0252. The van der Waals surface area contributed by atoms with Gasteiger partial charge in [-0.3, -0.25) is 9.78 Å². The molecule has 0 unspecified atom stereocenters. The number of methoxy groups -OCH3 is 1. The normalized spacial score (nSPS) is 15.4. The first-order chi connectivity index (χ1) is 18.1. The molecule has 3 heterocycles. The number of allylic oxidation sites excluding steroid dienone is 4. The van der Waals surface area contributed by atoms with Crippen molar-refractivity contribution < 1.29 is 17.9 Å². The van der Waals surface area contributed by atoms with Crippen molar-refractivity contribution in [1.29, 1.82) is 0 Å². The van der Waals surface area contributed by atoms with Crippen molar-refractivity contribution in [3.8, 4) is 0 Å². The summed E-state index contributed by atoms with van der Waals surface area (Å²) < 4.78 is 32.5. The van der Waals surface area contributed by atoms with Crippen LogP contribution in [0, 0.1) is 0 Å². The van der Waals surface area contributed by atoms with Crippen LogP contribution in [0.3, 0.4) is 0 Å². The number of amides is 1. The first-order valence-corrected chi connectivity index (χ1v) is 14.1. The van der Waals surface area contributed by atoms with Gasteiger partial charge < -0.3 is 19.9 Å². The lowest BCUT2D eigenvalue weighted by atomic mass is 10.2. The van der Waals surface area contributed by atoms with E-state index < -0.39 is 10.0 Å². The summed E-state index contributed by atoms with van der Waals surface area (Å²) in [6.45, 7) is 8.83. The minimum Gasteiger partial charge on any atom is -0.501 e. The van der Waals surface area contributed by atoms with Crippen molar-refractivity contribution in [3.63, 3.8) is 0 Å². The van der Waals surface area contributed by atoms with Gasteiger partial charge in [-0.2, -0.15) is 0 Å². The molecule has 0 bridgehead atoms. The lowest BCUT2D eigenvalue weighted by Gasteiger charge is -2.36. The van der Waals surface area contributed by atoms with Gasteiger partial charge in [0, 0.05) is 64.3 Å². The maximum Gasteiger partial charge on any atom is 0.239 e. The molecule has 0 aromatic carbocycles. The fourth-order valence-electron chi connectivity index (χ4n) is 4.30. The lowest BCUT2D eigenvalue weighted by molar-refractivity contribution is -0.116. The predicted molar refractivity (Wildman–Crippen MR) is 151 cm³/mol. The van der Waals surface area contributed by atoms with Crippen LogP contribution in [-0.2, 0) is 19.6 Å². The molecule has 0 atom stereocenters. The molecule has 0 radical (unpaired) electrons. The number of piperazine rings is 1. The number of carbonyl (C=O) groups excluding carboxylic acids is 1. The average molecular weight is 543 g/mol. The summed E-state index contributed by atoms with van der Waals surface area (Å²) in [5.41, 5.74) is 2.36. The van der Waals surface area contributed by atoms with Crippen LogP contribution in [0.2, 0.25) is 0 Å². The summed E-state index contributed by atoms with van der Waals surface area (Å²) in [5, 5.41) is 2.81. The highest BCUT2D eigenvalue weighted by Gasteiger charge is 2.24. The number of rotatable bonds is 11. The van der Waals surface area contributed by atoms with E-state index >= 15 is 0 Å². The van der Waals surface area contributed by atoms with Crippen LogP contribution in [-0.4, -0.2) is 75.5 Å². The lowest BCUT2D eigenvalue weighted by Crippen LogP contribution is -2.46. The summed E-state index contributed by atoms with van der Waals surface area (Å²) in [7, 11) is -0.675. The number of sulfonamides is 1. The van der Waals surface area contributed by atoms with Crippen LogP contribution in [0.5, 0.6) is 0 Å². The first-order valence-electron chi connectivity index (χ1n) is 12.7. The highest BCUT2D eigenvalue weighted by Crippen LogP contribution is 2.22. The number of ether oxygens (including phenoxy) is 1. The Morgan fingerprint density at radius 1 is 1.11 bits per heavy atom. The minimum atomic E-state index is -3.70. The summed E-state index contributed by atoms with van der Waals surface area (Å²) in [5.74, 6) is 1.20. The maximum atomic E-state index is 13.1. The second-order valence-corrected chi connectivity index (χ2v) is 11.2. The quantitative estimate of drug-likeness (QED) is 0.339. The molecule has 1 amide bonds. The third-order valence-corrected chi connectivity index (χ3v) is 8.78. The molecule has 10 nitrogen and oxygen atoms in total. The molecule has 0 spiro atoms. The standard InChI is InChI=1S/C27H38N6O4S/c1-6-25(21(2)19-22(3)37-5)38(35,36)31(4)14-11-27(34)30-23-7-8-26(29-20-23)33-17-15-32(16-18-33)24-9-12-28-13-10-24/h7-10,12-13,19-20H,6,11,14-18H2,1-5H3,(H,30,34)/b22-19+,25-21+. The number of hydrogen-bond acceptors (Lipinski definition) is 8. The molecule has 11 heteroatoms.